The lowest BCUT2D eigenvalue weighted by atomic mass is 9.76. The van der Waals surface area contributed by atoms with Gasteiger partial charge in [0.05, 0.1) is 14.2 Å². The van der Waals surface area contributed by atoms with Crippen molar-refractivity contribution in [3.8, 4) is 11.5 Å². The van der Waals surface area contributed by atoms with Crippen LogP contribution in [0.1, 0.15) is 68.7 Å². The van der Waals surface area contributed by atoms with E-state index in [-0.39, 0.29) is 5.97 Å². The maximum Gasteiger partial charge on any atom is 0.306 e. The summed E-state index contributed by atoms with van der Waals surface area (Å²) in [7, 11) is 3.32. The first-order valence-corrected chi connectivity index (χ1v) is 16.1. The van der Waals surface area contributed by atoms with Gasteiger partial charge in [-0.15, -0.1) is 0 Å². The van der Waals surface area contributed by atoms with Crippen LogP contribution < -0.4 is 9.47 Å². The van der Waals surface area contributed by atoms with Gasteiger partial charge in [0.2, 0.25) is 0 Å². The Bertz CT molecular complexity index is 1990. The van der Waals surface area contributed by atoms with Crippen LogP contribution >= 0.6 is 0 Å². The van der Waals surface area contributed by atoms with Crippen molar-refractivity contribution in [1.29, 1.82) is 0 Å². The van der Waals surface area contributed by atoms with Gasteiger partial charge in [-0.2, -0.15) is 0 Å². The highest BCUT2D eigenvalue weighted by atomic mass is 16.6. The van der Waals surface area contributed by atoms with Crippen LogP contribution in [0.3, 0.4) is 0 Å². The fourth-order valence-corrected chi connectivity index (χ4v) is 6.72. The molecule has 1 unspecified atom stereocenters. The monoisotopic (exact) mass is 614 g/mol. The Morgan fingerprint density at radius 3 is 2.07 bits per heavy atom. The van der Waals surface area contributed by atoms with E-state index in [0.717, 1.165) is 81.0 Å². The zero-order chi connectivity index (χ0) is 32.5. The van der Waals surface area contributed by atoms with Crippen LogP contribution in [-0.4, -0.2) is 30.9 Å². The van der Waals surface area contributed by atoms with Crippen LogP contribution in [0, 0.1) is 0 Å². The number of aliphatic hydroxyl groups is 1. The molecule has 0 spiro atoms. The van der Waals surface area contributed by atoms with Crippen LogP contribution in [0.25, 0.3) is 32.3 Å². The molecule has 0 radical (unpaired) electrons. The van der Waals surface area contributed by atoms with E-state index < -0.39 is 11.2 Å². The SMILES string of the molecule is COc1ccc(C(O)(c2ccc(OC)c(CCCCCC(=O)OC(C)(C)C)c2)c2cc3cccc4ccc5cccc2c5c43)cc1. The normalized spacial score (nSPS) is 13.3. The quantitative estimate of drug-likeness (QED) is 0.0682. The van der Waals surface area contributed by atoms with Crippen LogP contribution in [0.4, 0.5) is 0 Å². The van der Waals surface area contributed by atoms with Gasteiger partial charge in [-0.05, 0) is 119 Å². The number of benzene rings is 6. The van der Waals surface area contributed by atoms with E-state index in [4.69, 9.17) is 14.2 Å². The van der Waals surface area contributed by atoms with Gasteiger partial charge in [0.15, 0.2) is 0 Å². The highest BCUT2D eigenvalue weighted by Crippen LogP contribution is 2.46. The Balaban J connectivity index is 1.43. The molecule has 0 aliphatic heterocycles. The maximum atomic E-state index is 13.2. The first-order valence-electron chi connectivity index (χ1n) is 16.1. The summed E-state index contributed by atoms with van der Waals surface area (Å²) < 4.78 is 16.7. The molecule has 1 N–H and O–H groups in total. The highest BCUT2D eigenvalue weighted by Gasteiger charge is 2.37. The second-order valence-electron chi connectivity index (χ2n) is 13.1. The molecule has 0 aromatic heterocycles. The number of hydrogen-bond donors (Lipinski definition) is 1. The zero-order valence-corrected chi connectivity index (χ0v) is 27.4. The number of carbonyl (C=O) groups is 1. The number of ether oxygens (including phenoxy) is 3. The first kappa shape index (κ1) is 31.4. The van der Waals surface area contributed by atoms with E-state index in [2.05, 4.69) is 60.7 Å². The molecule has 0 bridgehead atoms. The fraction of sp³-hybridized carbons (Fsp3) is 0.293. The average Bonchev–Trinajstić information content (AvgIpc) is 3.05. The number of esters is 1. The largest absolute Gasteiger partial charge is 0.497 e. The summed E-state index contributed by atoms with van der Waals surface area (Å²) in [6.45, 7) is 5.67. The van der Waals surface area contributed by atoms with Gasteiger partial charge < -0.3 is 19.3 Å². The van der Waals surface area contributed by atoms with Gasteiger partial charge in [0.1, 0.15) is 22.7 Å². The molecular weight excluding hydrogens is 572 g/mol. The molecule has 5 heteroatoms. The van der Waals surface area contributed by atoms with Crippen molar-refractivity contribution in [2.75, 3.05) is 14.2 Å². The van der Waals surface area contributed by atoms with E-state index >= 15 is 0 Å². The summed E-state index contributed by atoms with van der Waals surface area (Å²) in [5, 5.41) is 20.0. The van der Waals surface area contributed by atoms with Crippen molar-refractivity contribution < 1.29 is 24.1 Å². The van der Waals surface area contributed by atoms with E-state index in [1.54, 1.807) is 14.2 Å². The second-order valence-corrected chi connectivity index (χ2v) is 13.1. The Labute approximate surface area is 271 Å². The Morgan fingerprint density at radius 2 is 1.37 bits per heavy atom. The fourth-order valence-electron chi connectivity index (χ4n) is 6.72. The minimum absolute atomic E-state index is 0.162. The van der Waals surface area contributed by atoms with Crippen molar-refractivity contribution in [3.05, 3.63) is 119 Å². The van der Waals surface area contributed by atoms with E-state index in [1.807, 2.05) is 57.2 Å². The lowest BCUT2D eigenvalue weighted by Crippen LogP contribution is -2.29. The van der Waals surface area contributed by atoms with E-state index in [0.29, 0.717) is 6.42 Å². The van der Waals surface area contributed by atoms with Crippen molar-refractivity contribution in [1.82, 2.24) is 0 Å². The molecule has 0 saturated heterocycles. The standard InChI is InChI=1S/C41H42O5/c1-40(2,3)46-37(42)16-8-6-7-11-29-25-32(21-24-36(29)45-5)41(43,31-19-22-33(44-4)23-20-31)35-26-30-14-9-12-27-17-18-28-13-10-15-34(35)39(28)38(27)30/h9-10,12-15,17-26,43H,6-8,11,16H2,1-5H3. The Kier molecular flexibility index (Phi) is 8.63. The number of unbranched alkanes of at least 4 members (excludes halogenated alkanes) is 2. The van der Waals surface area contributed by atoms with Gasteiger partial charge in [-0.3, -0.25) is 4.79 Å². The third-order valence-electron chi connectivity index (χ3n) is 8.85. The van der Waals surface area contributed by atoms with Gasteiger partial charge in [0.25, 0.3) is 0 Å². The summed E-state index contributed by atoms with van der Waals surface area (Å²) in [5.41, 5.74) is 1.39. The third kappa shape index (κ3) is 6.00. The molecule has 6 aromatic carbocycles. The van der Waals surface area contributed by atoms with Crippen molar-refractivity contribution >= 4 is 38.3 Å². The van der Waals surface area contributed by atoms with E-state index in [9.17, 15) is 9.90 Å². The molecule has 6 aromatic rings. The molecule has 0 amide bonds. The molecular formula is C41H42O5. The van der Waals surface area contributed by atoms with Gasteiger partial charge in [-0.25, -0.2) is 0 Å². The van der Waals surface area contributed by atoms with Gasteiger partial charge in [0, 0.05) is 12.0 Å². The molecule has 1 atom stereocenters. The van der Waals surface area contributed by atoms with E-state index in [1.165, 1.54) is 10.8 Å². The summed E-state index contributed by atoms with van der Waals surface area (Å²) >= 11 is 0. The maximum absolute atomic E-state index is 13.2. The van der Waals surface area contributed by atoms with Crippen molar-refractivity contribution in [2.45, 2.75) is 64.1 Å². The number of aryl methyl sites for hydroxylation is 1. The number of hydrogen-bond acceptors (Lipinski definition) is 5. The molecule has 5 nitrogen and oxygen atoms in total. The summed E-state index contributed by atoms with van der Waals surface area (Å²) in [5.74, 6) is 1.34. The predicted octanol–water partition coefficient (Wildman–Crippen LogP) is 9.33. The summed E-state index contributed by atoms with van der Waals surface area (Å²) in [4.78, 5) is 12.2. The average molecular weight is 615 g/mol. The highest BCUT2D eigenvalue weighted by molar-refractivity contribution is 6.24. The Morgan fingerprint density at radius 1 is 0.696 bits per heavy atom. The van der Waals surface area contributed by atoms with Crippen LogP contribution in [0.5, 0.6) is 11.5 Å². The topological polar surface area (TPSA) is 65.0 Å². The molecule has 6 rings (SSSR count). The molecule has 46 heavy (non-hydrogen) atoms. The van der Waals surface area contributed by atoms with Crippen molar-refractivity contribution in [3.63, 3.8) is 0 Å². The lowest BCUT2D eigenvalue weighted by Gasteiger charge is -2.33. The van der Waals surface area contributed by atoms with Crippen LogP contribution in [0.15, 0.2) is 97.1 Å². The number of carbonyl (C=O) groups excluding carboxylic acids is 1. The first-order chi connectivity index (χ1) is 22.1. The van der Waals surface area contributed by atoms with Gasteiger partial charge in [-0.1, -0.05) is 73.2 Å². The predicted molar refractivity (Wildman–Crippen MR) is 186 cm³/mol. The second kappa shape index (κ2) is 12.6. The molecule has 0 heterocycles. The van der Waals surface area contributed by atoms with Gasteiger partial charge >= 0.3 is 5.97 Å². The minimum atomic E-state index is -1.48. The summed E-state index contributed by atoms with van der Waals surface area (Å²) in [6.07, 6.45) is 3.67. The Hall–Kier alpha value is -4.61. The molecule has 0 aliphatic rings. The van der Waals surface area contributed by atoms with Crippen molar-refractivity contribution in [2.24, 2.45) is 0 Å². The summed E-state index contributed by atoms with van der Waals surface area (Å²) in [6, 6.07) is 32.8. The minimum Gasteiger partial charge on any atom is -0.497 e. The molecule has 0 saturated carbocycles. The third-order valence-corrected chi connectivity index (χ3v) is 8.85. The van der Waals surface area contributed by atoms with Crippen LogP contribution in [0.2, 0.25) is 0 Å². The smallest absolute Gasteiger partial charge is 0.306 e. The number of rotatable bonds is 11. The molecule has 0 aliphatic carbocycles. The number of methoxy groups -OCH3 is 2. The zero-order valence-electron chi connectivity index (χ0n) is 27.4. The molecule has 0 fully saturated rings. The lowest BCUT2D eigenvalue weighted by molar-refractivity contribution is -0.154. The molecule has 236 valence electrons. The van der Waals surface area contributed by atoms with Crippen LogP contribution in [-0.2, 0) is 21.6 Å².